The highest BCUT2D eigenvalue weighted by Crippen LogP contribution is 2.41. The standard InChI is InChI=1S/C20H12Cl2F2N2O3/c1-10(27)26(18-14(21)8-25-9-15(18)22)11-5-6-16-13(7-11)12-3-2-4-17(19(12)28-16)29-20(23)24/h2-9,20H,1H3. The van der Waals surface area contributed by atoms with Gasteiger partial charge in [0.15, 0.2) is 11.3 Å². The largest absolute Gasteiger partial charge is 0.452 e. The fraction of sp³-hybridized carbons (Fsp3) is 0.100. The molecule has 0 aliphatic carbocycles. The van der Waals surface area contributed by atoms with Crippen LogP contribution in [0.5, 0.6) is 5.75 Å². The van der Waals surface area contributed by atoms with Crippen LogP contribution in [0.3, 0.4) is 0 Å². The first kappa shape index (κ1) is 19.4. The predicted octanol–water partition coefficient (Wildman–Crippen LogP) is 6.57. The van der Waals surface area contributed by atoms with Crippen LogP contribution < -0.4 is 9.64 Å². The third-order valence-corrected chi connectivity index (χ3v) is 4.84. The van der Waals surface area contributed by atoms with E-state index in [9.17, 15) is 13.6 Å². The fourth-order valence-corrected chi connectivity index (χ4v) is 3.71. The average Bonchev–Trinajstić information content (AvgIpc) is 3.03. The van der Waals surface area contributed by atoms with Crippen molar-refractivity contribution < 1.29 is 22.7 Å². The van der Waals surface area contributed by atoms with Crippen LogP contribution >= 0.6 is 23.2 Å². The summed E-state index contributed by atoms with van der Waals surface area (Å²) in [6.45, 7) is -1.60. The van der Waals surface area contributed by atoms with Gasteiger partial charge in [0.25, 0.3) is 0 Å². The van der Waals surface area contributed by atoms with Gasteiger partial charge in [-0.2, -0.15) is 8.78 Å². The Morgan fingerprint density at radius 1 is 1.14 bits per heavy atom. The van der Waals surface area contributed by atoms with E-state index in [4.69, 9.17) is 27.6 Å². The van der Waals surface area contributed by atoms with Crippen LogP contribution in [0.4, 0.5) is 20.2 Å². The van der Waals surface area contributed by atoms with E-state index >= 15 is 0 Å². The third-order valence-electron chi connectivity index (χ3n) is 4.29. The van der Waals surface area contributed by atoms with Gasteiger partial charge >= 0.3 is 6.61 Å². The molecule has 0 bridgehead atoms. The maximum atomic E-state index is 12.7. The molecule has 148 valence electrons. The minimum atomic E-state index is -2.98. The number of benzene rings is 2. The molecule has 0 saturated heterocycles. The topological polar surface area (TPSA) is 55.6 Å². The molecule has 0 unspecified atom stereocenters. The van der Waals surface area contributed by atoms with Gasteiger partial charge in [-0.05, 0) is 24.3 Å². The summed E-state index contributed by atoms with van der Waals surface area (Å²) in [5, 5.41) is 1.59. The molecule has 4 aromatic rings. The van der Waals surface area contributed by atoms with Gasteiger partial charge < -0.3 is 9.15 Å². The highest BCUT2D eigenvalue weighted by atomic mass is 35.5. The Labute approximate surface area is 173 Å². The molecule has 2 heterocycles. The Hall–Kier alpha value is -2.90. The van der Waals surface area contributed by atoms with Crippen molar-refractivity contribution in [1.82, 2.24) is 4.98 Å². The quantitative estimate of drug-likeness (QED) is 0.362. The highest BCUT2D eigenvalue weighted by Gasteiger charge is 2.22. The minimum Gasteiger partial charge on any atom is -0.452 e. The van der Waals surface area contributed by atoms with Crippen LogP contribution in [0.1, 0.15) is 6.92 Å². The summed E-state index contributed by atoms with van der Waals surface area (Å²) in [6.07, 6.45) is 2.77. The lowest BCUT2D eigenvalue weighted by Gasteiger charge is -2.23. The van der Waals surface area contributed by atoms with Gasteiger partial charge in [-0.3, -0.25) is 14.7 Å². The third kappa shape index (κ3) is 3.47. The maximum Gasteiger partial charge on any atom is 0.387 e. The van der Waals surface area contributed by atoms with Crippen molar-refractivity contribution in [3.8, 4) is 5.75 Å². The van der Waals surface area contributed by atoms with Crippen molar-refractivity contribution in [3.05, 3.63) is 58.8 Å². The first-order valence-electron chi connectivity index (χ1n) is 8.36. The van der Waals surface area contributed by atoms with Crippen molar-refractivity contribution in [3.63, 3.8) is 0 Å². The minimum absolute atomic E-state index is 0.0705. The molecular weight excluding hydrogens is 425 g/mol. The van der Waals surface area contributed by atoms with Crippen LogP contribution in [0.2, 0.25) is 10.0 Å². The molecule has 5 nitrogen and oxygen atoms in total. The molecule has 0 atom stereocenters. The molecule has 0 aliphatic heterocycles. The first-order valence-corrected chi connectivity index (χ1v) is 9.12. The Morgan fingerprint density at radius 2 is 1.86 bits per heavy atom. The van der Waals surface area contributed by atoms with Gasteiger partial charge in [-0.15, -0.1) is 0 Å². The predicted molar refractivity (Wildman–Crippen MR) is 107 cm³/mol. The summed E-state index contributed by atoms with van der Waals surface area (Å²) in [5.41, 5.74) is 1.41. The number of rotatable bonds is 4. The summed E-state index contributed by atoms with van der Waals surface area (Å²) in [5.74, 6) is -0.396. The number of pyridine rings is 1. The SMILES string of the molecule is CC(=O)N(c1ccc2oc3c(OC(F)F)cccc3c2c1)c1c(Cl)cncc1Cl. The number of amides is 1. The number of aromatic nitrogens is 1. The molecule has 29 heavy (non-hydrogen) atoms. The number of hydrogen-bond acceptors (Lipinski definition) is 4. The van der Waals surface area contributed by atoms with E-state index in [0.717, 1.165) is 0 Å². The molecule has 2 aromatic heterocycles. The second-order valence-electron chi connectivity index (χ2n) is 6.10. The number of carbonyl (C=O) groups excluding carboxylic acids is 1. The van der Waals surface area contributed by atoms with Gasteiger partial charge in [0.2, 0.25) is 5.91 Å². The zero-order chi connectivity index (χ0) is 20.7. The lowest BCUT2D eigenvalue weighted by molar-refractivity contribution is -0.115. The van der Waals surface area contributed by atoms with Crippen molar-refractivity contribution in [2.45, 2.75) is 13.5 Å². The Morgan fingerprint density at radius 3 is 2.52 bits per heavy atom. The fourth-order valence-electron chi connectivity index (χ4n) is 3.17. The zero-order valence-corrected chi connectivity index (χ0v) is 16.3. The summed E-state index contributed by atoms with van der Waals surface area (Å²) >= 11 is 12.5. The number of anilines is 2. The number of para-hydroxylation sites is 1. The zero-order valence-electron chi connectivity index (χ0n) is 14.8. The van der Waals surface area contributed by atoms with Crippen molar-refractivity contribution in [1.29, 1.82) is 0 Å². The van der Waals surface area contributed by atoms with Crippen LogP contribution in [0, 0.1) is 0 Å². The first-order chi connectivity index (χ1) is 13.9. The Balaban J connectivity index is 1.92. The van der Waals surface area contributed by atoms with E-state index in [1.807, 2.05) is 0 Å². The second kappa shape index (κ2) is 7.50. The number of alkyl halides is 2. The molecule has 0 spiro atoms. The Kier molecular flexibility index (Phi) is 5.02. The molecular formula is C20H12Cl2F2N2O3. The highest BCUT2D eigenvalue weighted by molar-refractivity contribution is 6.40. The smallest absolute Gasteiger partial charge is 0.387 e. The van der Waals surface area contributed by atoms with E-state index in [1.54, 1.807) is 30.3 Å². The van der Waals surface area contributed by atoms with E-state index < -0.39 is 6.61 Å². The van der Waals surface area contributed by atoms with Crippen LogP contribution in [-0.2, 0) is 4.79 Å². The molecule has 2 aromatic carbocycles. The number of furan rings is 1. The molecule has 0 fully saturated rings. The molecule has 0 radical (unpaired) electrons. The van der Waals surface area contributed by atoms with Gasteiger partial charge in [-0.1, -0.05) is 35.3 Å². The van der Waals surface area contributed by atoms with Gasteiger partial charge in [0.05, 0.1) is 15.7 Å². The summed E-state index contributed by atoms with van der Waals surface area (Å²) in [7, 11) is 0. The van der Waals surface area contributed by atoms with Gasteiger partial charge in [-0.25, -0.2) is 0 Å². The molecule has 0 N–H and O–H groups in total. The number of halogens is 4. The summed E-state index contributed by atoms with van der Waals surface area (Å²) < 4.78 is 35.6. The van der Waals surface area contributed by atoms with Crippen molar-refractivity contribution >= 4 is 62.4 Å². The summed E-state index contributed by atoms with van der Waals surface area (Å²) in [6, 6.07) is 9.68. The van der Waals surface area contributed by atoms with Crippen molar-refractivity contribution in [2.75, 3.05) is 4.90 Å². The van der Waals surface area contributed by atoms with Gasteiger partial charge in [0.1, 0.15) is 5.58 Å². The molecule has 9 heteroatoms. The molecule has 0 aliphatic rings. The molecule has 1 amide bonds. The van der Waals surface area contributed by atoms with Crippen LogP contribution in [0.15, 0.2) is 53.2 Å². The normalized spacial score (nSPS) is 11.4. The number of hydrogen-bond donors (Lipinski definition) is 0. The van der Waals surface area contributed by atoms with Crippen LogP contribution in [0.25, 0.3) is 21.9 Å². The average molecular weight is 437 g/mol. The van der Waals surface area contributed by atoms with E-state index in [2.05, 4.69) is 9.72 Å². The monoisotopic (exact) mass is 436 g/mol. The summed E-state index contributed by atoms with van der Waals surface area (Å²) in [4.78, 5) is 17.7. The number of fused-ring (bicyclic) bond motifs is 3. The molecule has 0 saturated carbocycles. The van der Waals surface area contributed by atoms with Crippen LogP contribution in [-0.4, -0.2) is 17.5 Å². The molecule has 4 rings (SSSR count). The van der Waals surface area contributed by atoms with E-state index in [-0.39, 0.29) is 27.3 Å². The van der Waals surface area contributed by atoms with E-state index in [0.29, 0.717) is 27.7 Å². The lowest BCUT2D eigenvalue weighted by atomic mass is 10.1. The van der Waals surface area contributed by atoms with Gasteiger partial charge in [0, 0.05) is 35.8 Å². The second-order valence-corrected chi connectivity index (χ2v) is 6.91. The Bertz CT molecular complexity index is 1220. The number of nitrogens with zero attached hydrogens (tertiary/aromatic N) is 2. The lowest BCUT2D eigenvalue weighted by Crippen LogP contribution is -2.23. The number of carbonyl (C=O) groups is 1. The van der Waals surface area contributed by atoms with E-state index in [1.165, 1.54) is 30.3 Å². The van der Waals surface area contributed by atoms with Crippen molar-refractivity contribution in [2.24, 2.45) is 0 Å². The maximum absolute atomic E-state index is 12.7. The number of ether oxygens (including phenoxy) is 1.